The summed E-state index contributed by atoms with van der Waals surface area (Å²) in [4.78, 5) is 12.4. The highest BCUT2D eigenvalue weighted by molar-refractivity contribution is 5.45. The number of aromatic nitrogens is 1. The van der Waals surface area contributed by atoms with E-state index in [-0.39, 0.29) is 11.1 Å². The van der Waals surface area contributed by atoms with Gasteiger partial charge in [-0.05, 0) is 55.0 Å². The molecule has 100 valence electrons. The Labute approximate surface area is 115 Å². The lowest BCUT2D eigenvalue weighted by atomic mass is 9.90. The second-order valence-corrected chi connectivity index (χ2v) is 4.98. The summed E-state index contributed by atoms with van der Waals surface area (Å²) in [7, 11) is 0. The lowest BCUT2D eigenvalue weighted by Crippen LogP contribution is -2.25. The molecule has 0 saturated carbocycles. The van der Waals surface area contributed by atoms with Gasteiger partial charge in [0.25, 0.3) is 5.56 Å². The number of halogens is 1. The van der Waals surface area contributed by atoms with Gasteiger partial charge in [0.2, 0.25) is 0 Å². The van der Waals surface area contributed by atoms with E-state index in [0.29, 0.717) is 5.69 Å². The summed E-state index contributed by atoms with van der Waals surface area (Å²) >= 11 is 0. The van der Waals surface area contributed by atoms with E-state index in [1.54, 1.807) is 18.3 Å². The molecule has 1 aliphatic carbocycles. The molecule has 4 heteroatoms. The summed E-state index contributed by atoms with van der Waals surface area (Å²) in [6.07, 6.45) is 5.45. The van der Waals surface area contributed by atoms with E-state index in [1.807, 2.05) is 6.07 Å². The predicted octanol–water partition coefficient (Wildman–Crippen LogP) is 2.73. The van der Waals surface area contributed by atoms with Gasteiger partial charge in [-0.1, -0.05) is 6.07 Å². The second-order valence-electron chi connectivity index (χ2n) is 4.98. The van der Waals surface area contributed by atoms with Gasteiger partial charge in [-0.2, -0.15) is 5.26 Å². The molecular weight excluding hydrogens is 255 g/mol. The first-order chi connectivity index (χ1) is 9.70. The fraction of sp³-hybridized carbons (Fsp3) is 0.250. The third kappa shape index (κ3) is 2.01. The Morgan fingerprint density at radius 1 is 1.25 bits per heavy atom. The summed E-state index contributed by atoms with van der Waals surface area (Å²) < 4.78 is 14.7. The first kappa shape index (κ1) is 12.6. The molecule has 0 atom stereocenters. The number of aryl methyl sites for hydroxylation is 1. The van der Waals surface area contributed by atoms with E-state index in [0.717, 1.165) is 36.8 Å². The van der Waals surface area contributed by atoms with Crippen molar-refractivity contribution in [1.29, 1.82) is 5.26 Å². The van der Waals surface area contributed by atoms with E-state index in [1.165, 1.54) is 16.7 Å². The van der Waals surface area contributed by atoms with Gasteiger partial charge >= 0.3 is 0 Å². The van der Waals surface area contributed by atoms with Crippen LogP contribution < -0.4 is 5.56 Å². The maximum absolute atomic E-state index is 13.3. The Morgan fingerprint density at radius 2 is 2.05 bits per heavy atom. The van der Waals surface area contributed by atoms with Crippen molar-refractivity contribution >= 4 is 0 Å². The van der Waals surface area contributed by atoms with Crippen LogP contribution >= 0.6 is 0 Å². The molecule has 0 spiro atoms. The van der Waals surface area contributed by atoms with E-state index in [2.05, 4.69) is 0 Å². The Balaban J connectivity index is 2.28. The van der Waals surface area contributed by atoms with Crippen LogP contribution in [0, 0.1) is 17.1 Å². The minimum Gasteiger partial charge on any atom is -0.283 e. The molecule has 0 amide bonds. The molecule has 1 aliphatic rings. The Kier molecular flexibility index (Phi) is 3.11. The molecule has 0 unspecified atom stereocenters. The number of fused-ring (bicyclic) bond motifs is 1. The zero-order valence-electron chi connectivity index (χ0n) is 10.9. The normalized spacial score (nSPS) is 13.6. The van der Waals surface area contributed by atoms with Gasteiger partial charge in [0, 0.05) is 6.20 Å². The van der Waals surface area contributed by atoms with Crippen LogP contribution in [0.2, 0.25) is 0 Å². The van der Waals surface area contributed by atoms with Gasteiger partial charge in [0.1, 0.15) is 17.4 Å². The average Bonchev–Trinajstić information content (AvgIpc) is 2.46. The van der Waals surface area contributed by atoms with E-state index >= 15 is 0 Å². The molecule has 3 nitrogen and oxygen atoms in total. The fourth-order valence-electron chi connectivity index (χ4n) is 2.75. The molecule has 0 saturated heterocycles. The Hall–Kier alpha value is -2.41. The topological polar surface area (TPSA) is 45.8 Å². The van der Waals surface area contributed by atoms with Crippen molar-refractivity contribution in [2.45, 2.75) is 25.7 Å². The van der Waals surface area contributed by atoms with Crippen molar-refractivity contribution in [2.75, 3.05) is 0 Å². The summed E-state index contributed by atoms with van der Waals surface area (Å²) in [5.74, 6) is -0.398. The Morgan fingerprint density at radius 3 is 2.80 bits per heavy atom. The van der Waals surface area contributed by atoms with Crippen LogP contribution in [-0.2, 0) is 12.8 Å². The Bertz CT molecular complexity index is 771. The van der Waals surface area contributed by atoms with Crippen molar-refractivity contribution in [2.24, 2.45) is 0 Å². The van der Waals surface area contributed by atoms with Gasteiger partial charge in [-0.25, -0.2) is 4.39 Å². The maximum Gasteiger partial charge on any atom is 0.273 e. The van der Waals surface area contributed by atoms with Crippen molar-refractivity contribution in [1.82, 2.24) is 4.57 Å². The number of benzene rings is 1. The summed E-state index contributed by atoms with van der Waals surface area (Å²) in [5.41, 5.74) is 2.19. The summed E-state index contributed by atoms with van der Waals surface area (Å²) in [6, 6.07) is 7.88. The number of rotatable bonds is 1. The highest BCUT2D eigenvalue weighted by Gasteiger charge is 2.19. The zero-order chi connectivity index (χ0) is 14.1. The van der Waals surface area contributed by atoms with Crippen molar-refractivity contribution in [3.05, 3.63) is 63.3 Å². The van der Waals surface area contributed by atoms with Crippen LogP contribution in [0.25, 0.3) is 5.69 Å². The van der Waals surface area contributed by atoms with Gasteiger partial charge in [0.15, 0.2) is 0 Å². The smallest absolute Gasteiger partial charge is 0.273 e. The highest BCUT2D eigenvalue weighted by atomic mass is 19.1. The fourth-order valence-corrected chi connectivity index (χ4v) is 2.75. The third-order valence-corrected chi connectivity index (χ3v) is 3.73. The van der Waals surface area contributed by atoms with Crippen LogP contribution in [0.4, 0.5) is 4.39 Å². The SMILES string of the molecule is N#Cc1c2c(cn(-c3cccc(F)c3)c1=O)CCCC2. The number of nitriles is 1. The molecule has 1 heterocycles. The molecule has 0 aliphatic heterocycles. The molecule has 0 N–H and O–H groups in total. The van der Waals surface area contributed by atoms with Crippen molar-refractivity contribution < 1.29 is 4.39 Å². The van der Waals surface area contributed by atoms with Crippen LogP contribution in [0.5, 0.6) is 0 Å². The van der Waals surface area contributed by atoms with Crippen molar-refractivity contribution in [3.8, 4) is 11.8 Å². The lowest BCUT2D eigenvalue weighted by molar-refractivity contribution is 0.625. The number of hydrogen-bond acceptors (Lipinski definition) is 2. The highest BCUT2D eigenvalue weighted by Crippen LogP contribution is 2.23. The number of hydrogen-bond donors (Lipinski definition) is 0. The molecule has 1 aromatic carbocycles. The van der Waals surface area contributed by atoms with Crippen molar-refractivity contribution in [3.63, 3.8) is 0 Å². The molecule has 0 fully saturated rings. The predicted molar refractivity (Wildman–Crippen MR) is 73.4 cm³/mol. The van der Waals surface area contributed by atoms with Gasteiger partial charge < -0.3 is 0 Å². The van der Waals surface area contributed by atoms with E-state index < -0.39 is 5.82 Å². The minimum absolute atomic E-state index is 0.200. The van der Waals surface area contributed by atoms with E-state index in [4.69, 9.17) is 0 Å². The van der Waals surface area contributed by atoms with Crippen LogP contribution in [-0.4, -0.2) is 4.57 Å². The second kappa shape index (κ2) is 4.93. The van der Waals surface area contributed by atoms with Crippen LogP contribution in [0.1, 0.15) is 29.5 Å². The number of nitrogens with zero attached hydrogens (tertiary/aromatic N) is 2. The third-order valence-electron chi connectivity index (χ3n) is 3.73. The van der Waals surface area contributed by atoms with E-state index in [9.17, 15) is 14.4 Å². The number of pyridine rings is 1. The molecule has 20 heavy (non-hydrogen) atoms. The molecule has 3 rings (SSSR count). The molecule has 0 radical (unpaired) electrons. The molecule has 0 bridgehead atoms. The molecular formula is C16H13FN2O. The largest absolute Gasteiger partial charge is 0.283 e. The first-order valence-corrected chi connectivity index (χ1v) is 6.64. The minimum atomic E-state index is -0.398. The summed E-state index contributed by atoms with van der Waals surface area (Å²) in [5, 5.41) is 9.26. The molecule has 2 aromatic rings. The van der Waals surface area contributed by atoms with Gasteiger partial charge in [0.05, 0.1) is 5.69 Å². The van der Waals surface area contributed by atoms with Crippen LogP contribution in [0.15, 0.2) is 35.3 Å². The lowest BCUT2D eigenvalue weighted by Gasteiger charge is -2.19. The first-order valence-electron chi connectivity index (χ1n) is 6.64. The maximum atomic E-state index is 13.3. The van der Waals surface area contributed by atoms with Gasteiger partial charge in [-0.15, -0.1) is 0 Å². The average molecular weight is 268 g/mol. The van der Waals surface area contributed by atoms with Crippen LogP contribution in [0.3, 0.4) is 0 Å². The standard InChI is InChI=1S/C16H13FN2O/c17-12-5-3-6-13(8-12)19-10-11-4-1-2-7-14(11)15(9-18)16(19)20/h3,5-6,8,10H,1-2,4,7H2. The monoisotopic (exact) mass is 268 g/mol. The quantitative estimate of drug-likeness (QED) is 0.798. The van der Waals surface area contributed by atoms with Gasteiger partial charge in [-0.3, -0.25) is 9.36 Å². The molecule has 1 aromatic heterocycles. The summed E-state index contributed by atoms with van der Waals surface area (Å²) in [6.45, 7) is 0. The zero-order valence-corrected chi connectivity index (χ0v) is 10.9.